The predicted molar refractivity (Wildman–Crippen MR) is 77.1 cm³/mol. The molecule has 4 nitrogen and oxygen atoms in total. The Hall–Kier alpha value is -0.430. The van der Waals surface area contributed by atoms with E-state index in [2.05, 4.69) is 0 Å². The lowest BCUT2D eigenvalue weighted by Gasteiger charge is -2.24. The maximum Gasteiger partial charge on any atom is 0.252 e. The summed E-state index contributed by atoms with van der Waals surface area (Å²) < 4.78 is 32.1. The number of nitrogens with zero attached hydrogens (tertiary/aromatic N) is 1. The highest BCUT2D eigenvalue weighted by Crippen LogP contribution is 2.24. The van der Waals surface area contributed by atoms with Gasteiger partial charge in [-0.05, 0) is 44.7 Å². The molecule has 6 heteroatoms. The monoisotopic (exact) mass is 303 g/mol. The number of hydrogen-bond donors (Lipinski definition) is 0. The summed E-state index contributed by atoms with van der Waals surface area (Å²) in [6, 6.07) is 3.53. The van der Waals surface area contributed by atoms with Crippen LogP contribution in [0.5, 0.6) is 0 Å². The summed E-state index contributed by atoms with van der Waals surface area (Å²) in [6.45, 7) is 3.24. The molecule has 2 heterocycles. The summed E-state index contributed by atoms with van der Waals surface area (Å²) in [6.07, 6.45) is 4.35. The lowest BCUT2D eigenvalue weighted by atomic mass is 10.1. The van der Waals surface area contributed by atoms with Crippen molar-refractivity contribution < 1.29 is 13.2 Å². The maximum absolute atomic E-state index is 12.3. The summed E-state index contributed by atoms with van der Waals surface area (Å²) in [5, 5.41) is 0. The number of sulfonamides is 1. The fraction of sp³-hybridized carbons (Fsp3) is 0.692. The smallest absolute Gasteiger partial charge is 0.252 e. The van der Waals surface area contributed by atoms with Crippen LogP contribution in [-0.2, 0) is 14.8 Å². The van der Waals surface area contributed by atoms with Crippen LogP contribution in [-0.4, -0.2) is 39.0 Å². The quantitative estimate of drug-likeness (QED) is 0.840. The highest BCUT2D eigenvalue weighted by atomic mass is 32.2. The van der Waals surface area contributed by atoms with Crippen molar-refractivity contribution in [2.45, 2.75) is 42.9 Å². The molecule has 1 saturated heterocycles. The molecular formula is C13H21NO3S2. The molecule has 1 aromatic heterocycles. The zero-order valence-corrected chi connectivity index (χ0v) is 13.1. The second kappa shape index (κ2) is 6.35. The lowest BCUT2D eigenvalue weighted by molar-refractivity contribution is 0.00951. The van der Waals surface area contributed by atoms with Crippen molar-refractivity contribution in [3.8, 4) is 0 Å². The van der Waals surface area contributed by atoms with Gasteiger partial charge < -0.3 is 4.74 Å². The van der Waals surface area contributed by atoms with E-state index in [-0.39, 0.29) is 6.10 Å². The van der Waals surface area contributed by atoms with E-state index in [0.717, 1.165) is 30.7 Å². The summed E-state index contributed by atoms with van der Waals surface area (Å²) in [5.41, 5.74) is 0. The van der Waals surface area contributed by atoms with Crippen LogP contribution in [0.1, 0.15) is 30.6 Å². The van der Waals surface area contributed by atoms with E-state index in [0.29, 0.717) is 10.8 Å². The number of rotatable bonds is 5. The topological polar surface area (TPSA) is 46.6 Å². The molecule has 1 atom stereocenters. The van der Waals surface area contributed by atoms with Gasteiger partial charge in [0, 0.05) is 25.1 Å². The van der Waals surface area contributed by atoms with E-state index in [1.807, 2.05) is 13.0 Å². The van der Waals surface area contributed by atoms with Gasteiger partial charge in [0.15, 0.2) is 0 Å². The first-order valence-corrected chi connectivity index (χ1v) is 8.90. The third-order valence-electron chi connectivity index (χ3n) is 3.42. The van der Waals surface area contributed by atoms with Gasteiger partial charge in [-0.15, -0.1) is 11.3 Å². The first kappa shape index (κ1) is 15.0. The number of thiophene rings is 1. The molecule has 2 rings (SSSR count). The van der Waals surface area contributed by atoms with E-state index >= 15 is 0 Å². The van der Waals surface area contributed by atoms with Crippen LogP contribution in [0.25, 0.3) is 0 Å². The van der Waals surface area contributed by atoms with Gasteiger partial charge in [-0.1, -0.05) is 0 Å². The minimum Gasteiger partial charge on any atom is -0.378 e. The van der Waals surface area contributed by atoms with Gasteiger partial charge >= 0.3 is 0 Å². The predicted octanol–water partition coefficient (Wildman–Crippen LogP) is 2.64. The molecule has 1 aliphatic rings. The normalized spacial score (nSPS) is 20.9. The van der Waals surface area contributed by atoms with Gasteiger partial charge in [-0.2, -0.15) is 0 Å². The highest BCUT2D eigenvalue weighted by Gasteiger charge is 2.23. The Morgan fingerprint density at radius 2 is 2.21 bits per heavy atom. The van der Waals surface area contributed by atoms with Gasteiger partial charge in [0.1, 0.15) is 4.21 Å². The van der Waals surface area contributed by atoms with Gasteiger partial charge in [-0.25, -0.2) is 12.7 Å². The van der Waals surface area contributed by atoms with Crippen molar-refractivity contribution in [3.05, 3.63) is 17.0 Å². The molecule has 1 aliphatic heterocycles. The second-order valence-corrected chi connectivity index (χ2v) is 8.53. The van der Waals surface area contributed by atoms with Gasteiger partial charge in [-0.3, -0.25) is 0 Å². The van der Waals surface area contributed by atoms with Gasteiger partial charge in [0.25, 0.3) is 10.0 Å². The number of hydrogen-bond acceptors (Lipinski definition) is 4. The van der Waals surface area contributed by atoms with E-state index in [4.69, 9.17) is 4.74 Å². The van der Waals surface area contributed by atoms with Crippen LogP contribution >= 0.6 is 11.3 Å². The van der Waals surface area contributed by atoms with Crippen LogP contribution in [0.4, 0.5) is 0 Å². The molecule has 0 saturated carbocycles. The molecule has 0 amide bonds. The number of ether oxygens (including phenoxy) is 1. The molecular weight excluding hydrogens is 282 g/mol. The Balaban J connectivity index is 1.93. The molecule has 1 unspecified atom stereocenters. The molecule has 108 valence electrons. The second-order valence-electron chi connectivity index (χ2n) is 4.97. The summed E-state index contributed by atoms with van der Waals surface area (Å²) in [5.74, 6) is 0. The van der Waals surface area contributed by atoms with Gasteiger partial charge in [0.05, 0.1) is 6.10 Å². The van der Waals surface area contributed by atoms with Crippen molar-refractivity contribution in [1.82, 2.24) is 4.31 Å². The zero-order chi connectivity index (χ0) is 13.9. The van der Waals surface area contributed by atoms with Crippen molar-refractivity contribution in [2.75, 3.05) is 20.2 Å². The molecule has 1 fully saturated rings. The summed E-state index contributed by atoms with van der Waals surface area (Å²) in [4.78, 5) is 1.02. The molecule has 0 aliphatic carbocycles. The fourth-order valence-electron chi connectivity index (χ4n) is 2.19. The Morgan fingerprint density at radius 3 is 2.79 bits per heavy atom. The van der Waals surface area contributed by atoms with Crippen LogP contribution in [0.3, 0.4) is 0 Å². The standard InChI is InChI=1S/C13H21NO3S2/c1-11-6-7-13(18-11)19(15,16)14(2)9-8-12-5-3-4-10-17-12/h6-7,12H,3-5,8-10H2,1-2H3. The summed E-state index contributed by atoms with van der Waals surface area (Å²) in [7, 11) is -1.68. The third-order valence-corrected chi connectivity index (χ3v) is 6.75. The average Bonchev–Trinajstić information content (AvgIpc) is 2.84. The zero-order valence-electron chi connectivity index (χ0n) is 11.5. The van der Waals surface area contributed by atoms with Crippen LogP contribution in [0, 0.1) is 6.92 Å². The highest BCUT2D eigenvalue weighted by molar-refractivity contribution is 7.91. The lowest BCUT2D eigenvalue weighted by Crippen LogP contribution is -2.31. The fourth-order valence-corrected chi connectivity index (χ4v) is 4.87. The molecule has 0 bridgehead atoms. The molecule has 1 aromatic rings. The van der Waals surface area contributed by atoms with E-state index in [1.54, 1.807) is 13.1 Å². The Labute approximate surface area is 119 Å². The van der Waals surface area contributed by atoms with E-state index in [9.17, 15) is 8.42 Å². The Morgan fingerprint density at radius 1 is 1.42 bits per heavy atom. The Kier molecular flexibility index (Phi) is 5.00. The molecule has 0 N–H and O–H groups in total. The molecule has 19 heavy (non-hydrogen) atoms. The number of aryl methyl sites for hydroxylation is 1. The third kappa shape index (κ3) is 3.78. The van der Waals surface area contributed by atoms with Crippen LogP contribution in [0.15, 0.2) is 16.3 Å². The first-order chi connectivity index (χ1) is 9.00. The summed E-state index contributed by atoms with van der Waals surface area (Å²) >= 11 is 1.32. The SMILES string of the molecule is Cc1ccc(S(=O)(=O)N(C)CCC2CCCCO2)s1. The minimum atomic E-state index is -3.32. The largest absolute Gasteiger partial charge is 0.378 e. The van der Waals surface area contributed by atoms with E-state index in [1.165, 1.54) is 22.1 Å². The molecule has 0 spiro atoms. The van der Waals surface area contributed by atoms with E-state index < -0.39 is 10.0 Å². The molecule has 0 radical (unpaired) electrons. The van der Waals surface area contributed by atoms with Crippen molar-refractivity contribution >= 4 is 21.4 Å². The average molecular weight is 303 g/mol. The van der Waals surface area contributed by atoms with Crippen molar-refractivity contribution in [3.63, 3.8) is 0 Å². The molecule has 0 aromatic carbocycles. The van der Waals surface area contributed by atoms with Crippen LogP contribution in [0.2, 0.25) is 0 Å². The minimum absolute atomic E-state index is 0.219. The van der Waals surface area contributed by atoms with Crippen molar-refractivity contribution in [1.29, 1.82) is 0 Å². The maximum atomic E-state index is 12.3. The van der Waals surface area contributed by atoms with Crippen LogP contribution < -0.4 is 0 Å². The van der Waals surface area contributed by atoms with Gasteiger partial charge in [0.2, 0.25) is 0 Å². The first-order valence-electron chi connectivity index (χ1n) is 6.64. The van der Waals surface area contributed by atoms with Crippen molar-refractivity contribution in [2.24, 2.45) is 0 Å². The Bertz CT molecular complexity index is 504.